The molecule has 1 aromatic heterocycles. The van der Waals surface area contributed by atoms with E-state index in [0.29, 0.717) is 34.3 Å². The average molecular weight is 405 g/mol. The van der Waals surface area contributed by atoms with Crippen LogP contribution in [0.15, 0.2) is 48.5 Å². The Hall–Kier alpha value is -3.28. The normalized spacial score (nSPS) is 14.0. The Labute approximate surface area is 174 Å². The number of carbonyl (C=O) groups excluding carboxylic acids is 2. The highest BCUT2D eigenvalue weighted by Gasteiger charge is 2.18. The summed E-state index contributed by atoms with van der Waals surface area (Å²) in [5.41, 5.74) is 3.05. The Kier molecular flexibility index (Phi) is 5.74. The molecule has 0 atom stereocenters. The van der Waals surface area contributed by atoms with Crippen LogP contribution in [0.25, 0.3) is 10.9 Å². The van der Waals surface area contributed by atoms with Crippen molar-refractivity contribution in [1.82, 2.24) is 15.2 Å². The summed E-state index contributed by atoms with van der Waals surface area (Å²) in [5.74, 6) is -0.604. The molecule has 2 amide bonds. The summed E-state index contributed by atoms with van der Waals surface area (Å²) in [6, 6.07) is 13.3. The minimum atomic E-state index is -0.387. The molecule has 4 rings (SSSR count). The van der Waals surface area contributed by atoms with E-state index in [0.717, 1.165) is 31.5 Å². The number of rotatable bonds is 4. The van der Waals surface area contributed by atoms with Gasteiger partial charge in [0, 0.05) is 42.3 Å². The number of aromatic nitrogens is 1. The minimum Gasteiger partial charge on any atom is -0.348 e. The summed E-state index contributed by atoms with van der Waals surface area (Å²) in [4.78, 5) is 31.8. The fraction of sp³-hybridized carbons (Fsp3) is 0.292. The van der Waals surface area contributed by atoms with E-state index in [1.54, 1.807) is 19.1 Å². The molecule has 6 heteroatoms. The average Bonchev–Trinajstić information content (AvgIpc) is 2.77. The Balaban J connectivity index is 1.49. The van der Waals surface area contributed by atoms with Gasteiger partial charge in [0.15, 0.2) is 0 Å². The summed E-state index contributed by atoms with van der Waals surface area (Å²) in [7, 11) is 0. The number of hydrogen-bond acceptors (Lipinski definition) is 3. The van der Waals surface area contributed by atoms with Gasteiger partial charge in [0.1, 0.15) is 5.82 Å². The van der Waals surface area contributed by atoms with E-state index < -0.39 is 0 Å². The Morgan fingerprint density at radius 2 is 1.87 bits per heavy atom. The minimum absolute atomic E-state index is 0.0423. The number of hydrogen-bond donors (Lipinski definition) is 1. The van der Waals surface area contributed by atoms with Crippen molar-refractivity contribution in [3.8, 4) is 0 Å². The van der Waals surface area contributed by atoms with Gasteiger partial charge in [0.05, 0.1) is 11.1 Å². The topological polar surface area (TPSA) is 62.3 Å². The third kappa shape index (κ3) is 4.32. The van der Waals surface area contributed by atoms with Crippen LogP contribution in [-0.2, 0) is 6.54 Å². The first-order valence-electron chi connectivity index (χ1n) is 10.2. The summed E-state index contributed by atoms with van der Waals surface area (Å²) < 4.78 is 13.5. The lowest BCUT2D eigenvalue weighted by Gasteiger charge is -2.26. The molecule has 30 heavy (non-hydrogen) atoms. The van der Waals surface area contributed by atoms with E-state index in [-0.39, 0.29) is 17.6 Å². The van der Waals surface area contributed by atoms with Crippen LogP contribution >= 0.6 is 0 Å². The van der Waals surface area contributed by atoms with E-state index in [9.17, 15) is 14.0 Å². The van der Waals surface area contributed by atoms with Gasteiger partial charge in [-0.15, -0.1) is 0 Å². The smallest absolute Gasteiger partial charge is 0.253 e. The first kappa shape index (κ1) is 20.0. The molecule has 5 nitrogen and oxygen atoms in total. The molecule has 3 aromatic rings. The number of pyridine rings is 1. The highest BCUT2D eigenvalue weighted by molar-refractivity contribution is 6.06. The SMILES string of the molecule is Cc1cc(C(=O)NCc2cccc(C(=O)N3CCCCC3)c2)c2ccc(F)cc2n1. The van der Waals surface area contributed by atoms with Crippen LogP contribution in [0.5, 0.6) is 0 Å². The number of benzene rings is 2. The molecule has 1 aliphatic rings. The molecular weight excluding hydrogens is 381 g/mol. The van der Waals surface area contributed by atoms with Crippen molar-refractivity contribution in [2.45, 2.75) is 32.7 Å². The fourth-order valence-electron chi connectivity index (χ4n) is 3.89. The van der Waals surface area contributed by atoms with Crippen molar-refractivity contribution in [3.05, 3.63) is 76.7 Å². The summed E-state index contributed by atoms with van der Waals surface area (Å²) in [5, 5.41) is 3.51. The number of aryl methyl sites for hydroxylation is 1. The Morgan fingerprint density at radius 1 is 1.07 bits per heavy atom. The quantitative estimate of drug-likeness (QED) is 0.706. The van der Waals surface area contributed by atoms with Crippen LogP contribution < -0.4 is 5.32 Å². The van der Waals surface area contributed by atoms with E-state index >= 15 is 0 Å². The Bertz CT molecular complexity index is 1100. The molecule has 1 N–H and O–H groups in total. The summed E-state index contributed by atoms with van der Waals surface area (Å²) in [6.07, 6.45) is 3.26. The molecule has 1 aliphatic heterocycles. The van der Waals surface area contributed by atoms with Crippen molar-refractivity contribution in [2.75, 3.05) is 13.1 Å². The molecule has 1 fully saturated rings. The van der Waals surface area contributed by atoms with Crippen LogP contribution in [0.1, 0.15) is 51.2 Å². The van der Waals surface area contributed by atoms with Crippen molar-refractivity contribution in [3.63, 3.8) is 0 Å². The van der Waals surface area contributed by atoms with E-state index in [4.69, 9.17) is 0 Å². The lowest BCUT2D eigenvalue weighted by atomic mass is 10.1. The maximum absolute atomic E-state index is 13.5. The molecule has 1 saturated heterocycles. The maximum atomic E-state index is 13.5. The van der Waals surface area contributed by atoms with Gasteiger partial charge in [0.25, 0.3) is 11.8 Å². The van der Waals surface area contributed by atoms with Crippen molar-refractivity contribution >= 4 is 22.7 Å². The van der Waals surface area contributed by atoms with Gasteiger partial charge >= 0.3 is 0 Å². The number of fused-ring (bicyclic) bond motifs is 1. The van der Waals surface area contributed by atoms with Crippen molar-refractivity contribution in [2.24, 2.45) is 0 Å². The highest BCUT2D eigenvalue weighted by Crippen LogP contribution is 2.20. The second kappa shape index (κ2) is 8.61. The zero-order chi connectivity index (χ0) is 21.1. The lowest BCUT2D eigenvalue weighted by Crippen LogP contribution is -2.35. The third-order valence-corrected chi connectivity index (χ3v) is 5.41. The number of amides is 2. The molecular formula is C24H24FN3O2. The second-order valence-corrected chi connectivity index (χ2v) is 7.71. The first-order valence-corrected chi connectivity index (χ1v) is 10.2. The first-order chi connectivity index (χ1) is 14.5. The molecule has 0 saturated carbocycles. The summed E-state index contributed by atoms with van der Waals surface area (Å²) >= 11 is 0. The van der Waals surface area contributed by atoms with E-state index in [1.165, 1.54) is 18.6 Å². The largest absolute Gasteiger partial charge is 0.348 e. The molecule has 2 aromatic carbocycles. The molecule has 2 heterocycles. The second-order valence-electron chi connectivity index (χ2n) is 7.71. The van der Waals surface area contributed by atoms with Crippen molar-refractivity contribution < 1.29 is 14.0 Å². The Morgan fingerprint density at radius 3 is 2.67 bits per heavy atom. The van der Waals surface area contributed by atoms with Gasteiger partial charge < -0.3 is 10.2 Å². The van der Waals surface area contributed by atoms with Gasteiger partial charge in [-0.3, -0.25) is 14.6 Å². The van der Waals surface area contributed by atoms with Gasteiger partial charge in [-0.25, -0.2) is 4.39 Å². The van der Waals surface area contributed by atoms with Gasteiger partial charge in [0.2, 0.25) is 0 Å². The molecule has 0 radical (unpaired) electrons. The number of piperidine rings is 1. The molecule has 0 spiro atoms. The lowest BCUT2D eigenvalue weighted by molar-refractivity contribution is 0.0724. The molecule has 0 unspecified atom stereocenters. The zero-order valence-corrected chi connectivity index (χ0v) is 17.0. The monoisotopic (exact) mass is 405 g/mol. The predicted molar refractivity (Wildman–Crippen MR) is 114 cm³/mol. The van der Waals surface area contributed by atoms with Crippen LogP contribution in [-0.4, -0.2) is 34.8 Å². The third-order valence-electron chi connectivity index (χ3n) is 5.41. The van der Waals surface area contributed by atoms with Crippen LogP contribution in [0.3, 0.4) is 0 Å². The fourth-order valence-corrected chi connectivity index (χ4v) is 3.89. The van der Waals surface area contributed by atoms with Crippen molar-refractivity contribution in [1.29, 1.82) is 0 Å². The van der Waals surface area contributed by atoms with Crippen LogP contribution in [0.4, 0.5) is 4.39 Å². The van der Waals surface area contributed by atoms with E-state index in [1.807, 2.05) is 29.2 Å². The zero-order valence-electron chi connectivity index (χ0n) is 17.0. The van der Waals surface area contributed by atoms with Gasteiger partial charge in [-0.2, -0.15) is 0 Å². The van der Waals surface area contributed by atoms with Gasteiger partial charge in [-0.05, 0) is 62.1 Å². The van der Waals surface area contributed by atoms with Gasteiger partial charge in [-0.1, -0.05) is 12.1 Å². The van der Waals surface area contributed by atoms with Crippen LogP contribution in [0, 0.1) is 12.7 Å². The predicted octanol–water partition coefficient (Wildman–Crippen LogP) is 4.24. The number of nitrogens with zero attached hydrogens (tertiary/aromatic N) is 2. The van der Waals surface area contributed by atoms with Crippen LogP contribution in [0.2, 0.25) is 0 Å². The van der Waals surface area contributed by atoms with E-state index in [2.05, 4.69) is 10.3 Å². The number of nitrogens with one attached hydrogen (secondary N) is 1. The summed E-state index contributed by atoms with van der Waals surface area (Å²) in [6.45, 7) is 3.67. The molecule has 0 bridgehead atoms. The standard InChI is InChI=1S/C24H24FN3O2/c1-16-12-21(20-9-8-19(25)14-22(20)27-16)23(29)26-15-17-6-5-7-18(13-17)24(30)28-10-3-2-4-11-28/h5-9,12-14H,2-4,10-11,15H2,1H3,(H,26,29). The molecule has 154 valence electrons. The maximum Gasteiger partial charge on any atom is 0.253 e. The number of halogens is 1. The highest BCUT2D eigenvalue weighted by atomic mass is 19.1. The number of likely N-dealkylation sites (tertiary alicyclic amines) is 1. The number of carbonyl (C=O) groups is 2. The molecule has 0 aliphatic carbocycles.